The van der Waals surface area contributed by atoms with Crippen molar-refractivity contribution >= 4 is 23.8 Å². The topological polar surface area (TPSA) is 117 Å². The van der Waals surface area contributed by atoms with Crippen LogP contribution in [0.15, 0.2) is 0 Å². The summed E-state index contributed by atoms with van der Waals surface area (Å²) in [6.45, 7) is 1.14. The van der Waals surface area contributed by atoms with Gasteiger partial charge in [0.15, 0.2) is 0 Å². The molecule has 3 N–H and O–H groups in total. The molecule has 2 saturated carbocycles. The first-order valence-electron chi connectivity index (χ1n) is 11.7. The van der Waals surface area contributed by atoms with E-state index in [-0.39, 0.29) is 60.1 Å². The molecule has 4 fully saturated rings. The van der Waals surface area contributed by atoms with Crippen molar-refractivity contribution in [1.82, 2.24) is 20.9 Å². The van der Waals surface area contributed by atoms with Crippen molar-refractivity contribution in [2.24, 2.45) is 17.8 Å². The molecule has 31 heavy (non-hydrogen) atoms. The zero-order valence-electron chi connectivity index (χ0n) is 18.2. The van der Waals surface area contributed by atoms with Crippen LogP contribution in [0, 0.1) is 17.8 Å². The third-order valence-corrected chi connectivity index (χ3v) is 7.59. The van der Waals surface area contributed by atoms with Gasteiger partial charge in [0.2, 0.25) is 17.7 Å². The van der Waals surface area contributed by atoms with Crippen LogP contribution in [0.1, 0.15) is 57.8 Å². The van der Waals surface area contributed by atoms with Crippen molar-refractivity contribution in [3.63, 3.8) is 0 Å². The quantitative estimate of drug-likeness (QED) is 0.557. The minimum Gasteiger partial charge on any atom is -0.379 e. The number of rotatable bonds is 5. The molecule has 9 nitrogen and oxygen atoms in total. The van der Waals surface area contributed by atoms with E-state index < -0.39 is 6.04 Å². The number of urea groups is 1. The van der Waals surface area contributed by atoms with E-state index in [1.165, 1.54) is 0 Å². The highest BCUT2D eigenvalue weighted by Gasteiger charge is 2.48. The van der Waals surface area contributed by atoms with Crippen LogP contribution in [0.4, 0.5) is 4.79 Å². The van der Waals surface area contributed by atoms with Crippen molar-refractivity contribution in [2.45, 2.75) is 76.0 Å². The maximum absolute atomic E-state index is 13.0. The fraction of sp³-hybridized carbons (Fsp3) is 0.818. The Hall–Kier alpha value is -2.16. The van der Waals surface area contributed by atoms with Gasteiger partial charge in [-0.2, -0.15) is 0 Å². The molecule has 4 aliphatic rings. The molecule has 2 aliphatic heterocycles. The molecule has 0 bridgehead atoms. The number of amides is 5. The third-order valence-electron chi connectivity index (χ3n) is 7.59. The van der Waals surface area contributed by atoms with E-state index in [0.717, 1.165) is 44.9 Å². The van der Waals surface area contributed by atoms with Crippen LogP contribution in [0.25, 0.3) is 0 Å². The van der Waals surface area contributed by atoms with Gasteiger partial charge in [-0.05, 0) is 50.4 Å². The Bertz CT molecular complexity index is 729. The fourth-order valence-electron chi connectivity index (χ4n) is 5.84. The van der Waals surface area contributed by atoms with Gasteiger partial charge in [0.25, 0.3) is 0 Å². The molecule has 0 radical (unpaired) electrons. The van der Waals surface area contributed by atoms with Crippen LogP contribution >= 0.6 is 0 Å². The number of carbonyl (C=O) groups is 4. The van der Waals surface area contributed by atoms with Gasteiger partial charge in [0.05, 0.1) is 12.1 Å². The second kappa shape index (κ2) is 9.54. The number of nitrogens with one attached hydrogen (secondary N) is 3. The fourth-order valence-corrected chi connectivity index (χ4v) is 5.84. The summed E-state index contributed by atoms with van der Waals surface area (Å²) in [4.78, 5) is 50.7. The van der Waals surface area contributed by atoms with Gasteiger partial charge < -0.3 is 20.3 Å². The van der Waals surface area contributed by atoms with Crippen molar-refractivity contribution in [2.75, 3.05) is 20.2 Å². The first-order valence-corrected chi connectivity index (χ1v) is 11.7. The number of carbonyl (C=O) groups excluding carboxylic acids is 4. The molecule has 2 aliphatic carbocycles. The smallest absolute Gasteiger partial charge is 0.315 e. The summed E-state index contributed by atoms with van der Waals surface area (Å²) in [6, 6.07) is -0.644. The van der Waals surface area contributed by atoms with E-state index >= 15 is 0 Å². The van der Waals surface area contributed by atoms with E-state index in [2.05, 4.69) is 16.0 Å². The zero-order chi connectivity index (χ0) is 22.0. The molecule has 2 saturated heterocycles. The number of nitrogens with zero attached hydrogens (tertiary/aromatic N) is 1. The van der Waals surface area contributed by atoms with E-state index in [4.69, 9.17) is 4.74 Å². The summed E-state index contributed by atoms with van der Waals surface area (Å²) in [5.74, 6) is -0.172. The normalized spacial score (nSPS) is 36.0. The van der Waals surface area contributed by atoms with E-state index in [0.29, 0.717) is 19.5 Å². The maximum Gasteiger partial charge on any atom is 0.315 e. The number of imide groups is 1. The first-order chi connectivity index (χ1) is 15.0. The number of piperidine rings is 1. The molecule has 5 amide bonds. The minimum atomic E-state index is -0.526. The van der Waals surface area contributed by atoms with Crippen molar-refractivity contribution in [3.05, 3.63) is 0 Å². The molecule has 6 atom stereocenters. The first kappa shape index (κ1) is 22.0. The summed E-state index contributed by atoms with van der Waals surface area (Å²) in [5.41, 5.74) is 0. The molecule has 4 rings (SSSR count). The number of methoxy groups -OCH3 is 1. The average molecular weight is 435 g/mol. The summed E-state index contributed by atoms with van der Waals surface area (Å²) in [6.07, 6.45) is 7.51. The largest absolute Gasteiger partial charge is 0.379 e. The van der Waals surface area contributed by atoms with Gasteiger partial charge in [-0.3, -0.25) is 19.7 Å². The highest BCUT2D eigenvalue weighted by atomic mass is 16.5. The Balaban J connectivity index is 1.26. The van der Waals surface area contributed by atoms with Crippen molar-refractivity contribution in [3.8, 4) is 0 Å². The van der Waals surface area contributed by atoms with Gasteiger partial charge in [-0.15, -0.1) is 0 Å². The predicted octanol–water partition coefficient (Wildman–Crippen LogP) is 0.923. The summed E-state index contributed by atoms with van der Waals surface area (Å²) in [7, 11) is 1.69. The third kappa shape index (κ3) is 4.86. The second-order valence-corrected chi connectivity index (χ2v) is 9.52. The zero-order valence-corrected chi connectivity index (χ0v) is 18.2. The number of hydrogen-bond acceptors (Lipinski definition) is 5. The molecular formula is C22H34N4O5. The number of fused-ring (bicyclic) bond motifs is 1. The summed E-state index contributed by atoms with van der Waals surface area (Å²) in [5, 5.41) is 8.40. The van der Waals surface area contributed by atoms with E-state index in [1.54, 1.807) is 12.0 Å². The Morgan fingerprint density at radius 3 is 2.71 bits per heavy atom. The van der Waals surface area contributed by atoms with Gasteiger partial charge in [0.1, 0.15) is 6.04 Å². The molecule has 6 unspecified atom stereocenters. The lowest BCUT2D eigenvalue weighted by molar-refractivity contribution is -0.144. The molecule has 0 aromatic rings. The lowest BCUT2D eigenvalue weighted by Crippen LogP contribution is -2.53. The average Bonchev–Trinajstić information content (AvgIpc) is 3.08. The molecular weight excluding hydrogens is 400 g/mol. The van der Waals surface area contributed by atoms with E-state index in [1.807, 2.05) is 0 Å². The van der Waals surface area contributed by atoms with Crippen LogP contribution in [0.3, 0.4) is 0 Å². The lowest BCUT2D eigenvalue weighted by atomic mass is 9.75. The molecule has 9 heteroatoms. The lowest BCUT2D eigenvalue weighted by Gasteiger charge is -2.32. The maximum atomic E-state index is 13.0. The van der Waals surface area contributed by atoms with Crippen molar-refractivity contribution in [1.29, 1.82) is 0 Å². The number of hydrogen-bond donors (Lipinski definition) is 3. The Labute approximate surface area is 183 Å². The highest BCUT2D eigenvalue weighted by molar-refractivity contribution is 6.02. The summed E-state index contributed by atoms with van der Waals surface area (Å²) < 4.78 is 5.50. The van der Waals surface area contributed by atoms with Gasteiger partial charge in [0, 0.05) is 32.5 Å². The molecule has 0 aromatic heterocycles. The minimum absolute atomic E-state index is 0.0267. The SMILES string of the molecule is COC1CCCCC1NC(=O)NCC1CCC2CN(C3CCC(=O)NC3=O)C(=O)C2C1. The Morgan fingerprint density at radius 1 is 1.13 bits per heavy atom. The van der Waals surface area contributed by atoms with Crippen LogP contribution in [-0.4, -0.2) is 67.0 Å². The van der Waals surface area contributed by atoms with Crippen LogP contribution in [-0.2, 0) is 19.1 Å². The van der Waals surface area contributed by atoms with Gasteiger partial charge in [-0.25, -0.2) is 4.79 Å². The van der Waals surface area contributed by atoms with Crippen LogP contribution < -0.4 is 16.0 Å². The van der Waals surface area contributed by atoms with Gasteiger partial charge >= 0.3 is 6.03 Å². The molecule has 2 heterocycles. The monoisotopic (exact) mass is 434 g/mol. The molecule has 172 valence electrons. The van der Waals surface area contributed by atoms with Gasteiger partial charge in [-0.1, -0.05) is 12.8 Å². The Morgan fingerprint density at radius 2 is 1.94 bits per heavy atom. The predicted molar refractivity (Wildman–Crippen MR) is 112 cm³/mol. The highest BCUT2D eigenvalue weighted by Crippen LogP contribution is 2.41. The molecule has 0 spiro atoms. The summed E-state index contributed by atoms with van der Waals surface area (Å²) >= 11 is 0. The number of likely N-dealkylation sites (tertiary alicyclic amines) is 1. The number of ether oxygens (including phenoxy) is 1. The van der Waals surface area contributed by atoms with Crippen LogP contribution in [0.5, 0.6) is 0 Å². The van der Waals surface area contributed by atoms with Crippen molar-refractivity contribution < 1.29 is 23.9 Å². The standard InChI is InChI=1S/C22H34N4O5/c1-31-18-5-3-2-4-16(18)24-22(30)23-11-13-6-7-14-12-26(21(29)15(14)10-13)17-8-9-19(27)25-20(17)28/h13-18H,2-12H2,1H3,(H2,23,24,30)(H,25,27,28). The molecule has 0 aromatic carbocycles. The Kier molecular flexibility index (Phi) is 6.79. The van der Waals surface area contributed by atoms with Crippen LogP contribution in [0.2, 0.25) is 0 Å². The second-order valence-electron chi connectivity index (χ2n) is 9.52. The van der Waals surface area contributed by atoms with E-state index in [9.17, 15) is 19.2 Å².